The zero-order chi connectivity index (χ0) is 18.6. The molecule has 0 radical (unpaired) electrons. The molecule has 3 heterocycles. The Hall–Kier alpha value is -3.02. The van der Waals surface area contributed by atoms with Gasteiger partial charge in [0.1, 0.15) is 0 Å². The van der Waals surface area contributed by atoms with Crippen molar-refractivity contribution in [1.29, 1.82) is 0 Å². The number of pyridine rings is 1. The molecule has 2 aliphatic rings. The largest absolute Gasteiger partial charge is 0.415 e. The molecule has 138 valence electrons. The number of aliphatic imine (C=N–C) groups is 2. The lowest BCUT2D eigenvalue weighted by Gasteiger charge is -2.31. The first-order valence-corrected chi connectivity index (χ1v) is 9.26. The summed E-state index contributed by atoms with van der Waals surface area (Å²) in [5, 5.41) is 0. The topological polar surface area (TPSA) is 67.2 Å². The maximum absolute atomic E-state index is 12.4. The summed E-state index contributed by atoms with van der Waals surface area (Å²) in [4.78, 5) is 27.7. The van der Waals surface area contributed by atoms with Gasteiger partial charge in [-0.15, -0.1) is 0 Å². The van der Waals surface area contributed by atoms with E-state index in [1.807, 2.05) is 37.3 Å². The van der Waals surface area contributed by atoms with Crippen LogP contribution in [-0.2, 0) is 0 Å². The van der Waals surface area contributed by atoms with Gasteiger partial charge in [-0.05, 0) is 31.9 Å². The molecule has 6 heteroatoms. The molecular weight excluding hydrogens is 340 g/mol. The number of aromatic nitrogens is 1. The van der Waals surface area contributed by atoms with Crippen LogP contribution >= 0.6 is 0 Å². The molecule has 4 rings (SSSR count). The van der Waals surface area contributed by atoms with Gasteiger partial charge >= 0.3 is 6.09 Å². The van der Waals surface area contributed by atoms with Crippen LogP contribution < -0.4 is 4.74 Å². The van der Waals surface area contributed by atoms with E-state index >= 15 is 0 Å². The van der Waals surface area contributed by atoms with E-state index in [0.29, 0.717) is 37.0 Å². The summed E-state index contributed by atoms with van der Waals surface area (Å²) in [7, 11) is 0. The number of carbonyl (C=O) groups is 1. The maximum Gasteiger partial charge on any atom is 0.415 e. The predicted molar refractivity (Wildman–Crippen MR) is 105 cm³/mol. The number of benzene rings is 1. The molecule has 0 unspecified atom stereocenters. The molecule has 1 fully saturated rings. The molecule has 0 bridgehead atoms. The molecule has 0 saturated carbocycles. The molecule has 0 spiro atoms. The summed E-state index contributed by atoms with van der Waals surface area (Å²) in [6.07, 6.45) is 3.15. The third-order valence-electron chi connectivity index (χ3n) is 5.05. The summed E-state index contributed by atoms with van der Waals surface area (Å²) in [6, 6.07) is 13.6. The molecule has 27 heavy (non-hydrogen) atoms. The summed E-state index contributed by atoms with van der Waals surface area (Å²) in [6.45, 7) is 3.83. The highest BCUT2D eigenvalue weighted by atomic mass is 16.6. The Morgan fingerprint density at radius 1 is 1.11 bits per heavy atom. The van der Waals surface area contributed by atoms with E-state index in [9.17, 15) is 4.79 Å². The van der Waals surface area contributed by atoms with Gasteiger partial charge in [-0.25, -0.2) is 9.79 Å². The minimum atomic E-state index is -0.306. The van der Waals surface area contributed by atoms with Crippen molar-refractivity contribution in [2.75, 3.05) is 19.6 Å². The van der Waals surface area contributed by atoms with E-state index in [1.54, 1.807) is 23.2 Å². The first-order valence-electron chi connectivity index (χ1n) is 9.26. The van der Waals surface area contributed by atoms with E-state index in [-0.39, 0.29) is 6.09 Å². The summed E-state index contributed by atoms with van der Waals surface area (Å²) in [5.74, 6) is 1.71. The number of amides is 1. The Bertz CT molecular complexity index is 884. The molecule has 1 aromatic heterocycles. The predicted octanol–water partition coefficient (Wildman–Crippen LogP) is 3.50. The number of piperidine rings is 1. The van der Waals surface area contributed by atoms with Crippen molar-refractivity contribution in [1.82, 2.24) is 9.88 Å². The fourth-order valence-electron chi connectivity index (χ4n) is 3.46. The second-order valence-corrected chi connectivity index (χ2v) is 6.83. The van der Waals surface area contributed by atoms with E-state index in [0.717, 1.165) is 30.0 Å². The normalized spacial score (nSPS) is 17.4. The third-order valence-corrected chi connectivity index (χ3v) is 5.05. The van der Waals surface area contributed by atoms with Crippen molar-refractivity contribution in [3.63, 3.8) is 0 Å². The van der Waals surface area contributed by atoms with Crippen LogP contribution in [0.25, 0.3) is 0 Å². The second-order valence-electron chi connectivity index (χ2n) is 6.83. The highest BCUT2D eigenvalue weighted by molar-refractivity contribution is 6.12. The number of hydrogen-bond acceptors (Lipinski definition) is 5. The molecule has 0 N–H and O–H groups in total. The minimum absolute atomic E-state index is 0.306. The fourth-order valence-corrected chi connectivity index (χ4v) is 3.46. The second kappa shape index (κ2) is 7.70. The van der Waals surface area contributed by atoms with Crippen molar-refractivity contribution in [3.05, 3.63) is 59.9 Å². The summed E-state index contributed by atoms with van der Waals surface area (Å²) in [5.41, 5.74) is 2.90. The molecule has 0 aliphatic carbocycles. The standard InChI is InChI=1S/C21H22N4O2/c1-15-19(8-5-11-22-15)27-21(26)25-12-9-16(10-13-25)18-14-23-20(24-18)17-6-3-2-4-7-17/h2-8,11,16H,9-10,12-14H2,1H3. The van der Waals surface area contributed by atoms with E-state index in [1.165, 1.54) is 0 Å². The number of rotatable bonds is 3. The monoisotopic (exact) mass is 362 g/mol. The molecule has 1 aromatic carbocycles. The smallest absolute Gasteiger partial charge is 0.408 e. The first-order chi connectivity index (χ1) is 13.2. The van der Waals surface area contributed by atoms with Crippen molar-refractivity contribution in [2.45, 2.75) is 19.8 Å². The van der Waals surface area contributed by atoms with E-state index in [2.05, 4.69) is 9.98 Å². The molecule has 1 saturated heterocycles. The molecule has 6 nitrogen and oxygen atoms in total. The van der Waals surface area contributed by atoms with Crippen molar-refractivity contribution >= 4 is 17.6 Å². The van der Waals surface area contributed by atoms with Crippen LogP contribution in [0.2, 0.25) is 0 Å². The number of hydrogen-bond donors (Lipinski definition) is 0. The average Bonchev–Trinajstić information content (AvgIpc) is 3.21. The van der Waals surface area contributed by atoms with Crippen LogP contribution in [0, 0.1) is 12.8 Å². The van der Waals surface area contributed by atoms with Crippen molar-refractivity contribution < 1.29 is 9.53 Å². The lowest BCUT2D eigenvalue weighted by atomic mass is 9.92. The van der Waals surface area contributed by atoms with Crippen molar-refractivity contribution in [2.24, 2.45) is 15.9 Å². The first kappa shape index (κ1) is 17.4. The van der Waals surface area contributed by atoms with Crippen LogP contribution in [0.1, 0.15) is 24.1 Å². The lowest BCUT2D eigenvalue weighted by Crippen LogP contribution is -2.42. The Labute approximate surface area is 158 Å². The van der Waals surface area contributed by atoms with E-state index < -0.39 is 0 Å². The number of ether oxygens (including phenoxy) is 1. The quantitative estimate of drug-likeness (QED) is 0.839. The minimum Gasteiger partial charge on any atom is -0.408 e. The van der Waals surface area contributed by atoms with Gasteiger partial charge in [0, 0.05) is 36.5 Å². The van der Waals surface area contributed by atoms with Gasteiger partial charge in [0.2, 0.25) is 0 Å². The van der Waals surface area contributed by atoms with Crippen LogP contribution in [0.5, 0.6) is 5.75 Å². The molecule has 2 aromatic rings. The van der Waals surface area contributed by atoms with Crippen LogP contribution in [0.3, 0.4) is 0 Å². The summed E-state index contributed by atoms with van der Waals surface area (Å²) >= 11 is 0. The van der Waals surface area contributed by atoms with Crippen LogP contribution in [-0.4, -0.2) is 47.2 Å². The highest BCUT2D eigenvalue weighted by Gasteiger charge is 2.29. The Morgan fingerprint density at radius 2 is 1.89 bits per heavy atom. The third kappa shape index (κ3) is 3.89. The zero-order valence-electron chi connectivity index (χ0n) is 15.3. The van der Waals surface area contributed by atoms with Crippen molar-refractivity contribution in [3.8, 4) is 5.75 Å². The van der Waals surface area contributed by atoms with E-state index in [4.69, 9.17) is 9.73 Å². The Morgan fingerprint density at radius 3 is 2.63 bits per heavy atom. The molecule has 2 aliphatic heterocycles. The number of nitrogens with zero attached hydrogens (tertiary/aromatic N) is 4. The average molecular weight is 362 g/mol. The Kier molecular flexibility index (Phi) is 4.96. The van der Waals surface area contributed by atoms with Gasteiger partial charge in [-0.2, -0.15) is 0 Å². The van der Waals surface area contributed by atoms with Gasteiger partial charge in [0.25, 0.3) is 0 Å². The van der Waals surface area contributed by atoms with Gasteiger partial charge in [0.15, 0.2) is 11.6 Å². The highest BCUT2D eigenvalue weighted by Crippen LogP contribution is 2.23. The maximum atomic E-state index is 12.4. The lowest BCUT2D eigenvalue weighted by molar-refractivity contribution is 0.137. The van der Waals surface area contributed by atoms with Crippen LogP contribution in [0.4, 0.5) is 4.79 Å². The van der Waals surface area contributed by atoms with Gasteiger partial charge in [-0.1, -0.05) is 30.3 Å². The molecular formula is C21H22N4O2. The zero-order valence-corrected chi connectivity index (χ0v) is 15.3. The summed E-state index contributed by atoms with van der Waals surface area (Å²) < 4.78 is 5.49. The molecule has 0 atom stereocenters. The fraction of sp³-hybridized carbons (Fsp3) is 0.333. The number of aryl methyl sites for hydroxylation is 1. The Balaban J connectivity index is 1.33. The van der Waals surface area contributed by atoms with Gasteiger partial charge in [0.05, 0.1) is 12.2 Å². The van der Waals surface area contributed by atoms with Gasteiger partial charge in [-0.3, -0.25) is 9.98 Å². The number of carbonyl (C=O) groups excluding carboxylic acids is 1. The SMILES string of the molecule is Cc1ncccc1OC(=O)N1CCC(C2=NC(c3ccccc3)=NC2)CC1. The molecule has 1 amide bonds. The number of likely N-dealkylation sites (tertiary alicyclic amines) is 1. The van der Waals surface area contributed by atoms with Gasteiger partial charge < -0.3 is 9.64 Å². The number of amidine groups is 1. The van der Waals surface area contributed by atoms with Crippen LogP contribution in [0.15, 0.2) is 58.6 Å².